The number of nitrogens with one attached hydrogen (secondary N) is 1. The number of pyridine rings is 1. The van der Waals surface area contributed by atoms with Crippen LogP contribution < -0.4 is 5.32 Å². The zero-order valence-corrected chi connectivity index (χ0v) is 13.0. The van der Waals surface area contributed by atoms with E-state index in [2.05, 4.69) is 21.7 Å². The zero-order valence-electron chi connectivity index (χ0n) is 12.2. The van der Waals surface area contributed by atoms with Gasteiger partial charge in [0.05, 0.1) is 11.9 Å². The Morgan fingerprint density at radius 1 is 1.41 bits per heavy atom. The van der Waals surface area contributed by atoms with Crippen molar-refractivity contribution < 1.29 is 9.59 Å². The number of carbonyl (C=O) groups is 2. The fourth-order valence-corrected chi connectivity index (χ4v) is 3.56. The number of thiophene rings is 1. The highest BCUT2D eigenvalue weighted by Gasteiger charge is 2.36. The monoisotopic (exact) mass is 315 g/mol. The van der Waals surface area contributed by atoms with E-state index in [9.17, 15) is 9.59 Å². The third-order valence-corrected chi connectivity index (χ3v) is 4.67. The van der Waals surface area contributed by atoms with E-state index in [1.165, 1.54) is 11.8 Å². The molecule has 1 N–H and O–H groups in total. The molecule has 2 aromatic rings. The van der Waals surface area contributed by atoms with Crippen LogP contribution in [0.2, 0.25) is 0 Å². The first kappa shape index (κ1) is 14.7. The molecule has 1 aliphatic heterocycles. The molecule has 5 nitrogen and oxygen atoms in total. The molecule has 114 valence electrons. The Morgan fingerprint density at radius 2 is 2.27 bits per heavy atom. The highest BCUT2D eigenvalue weighted by Crippen LogP contribution is 2.32. The molecule has 1 fully saturated rings. The average molecular weight is 315 g/mol. The summed E-state index contributed by atoms with van der Waals surface area (Å²) in [6, 6.07) is 5.58. The van der Waals surface area contributed by atoms with Crippen molar-refractivity contribution >= 4 is 28.8 Å². The van der Waals surface area contributed by atoms with E-state index >= 15 is 0 Å². The summed E-state index contributed by atoms with van der Waals surface area (Å²) in [5.74, 6) is -0.767. The minimum atomic E-state index is -0.606. The summed E-state index contributed by atoms with van der Waals surface area (Å²) < 4.78 is 0. The molecule has 3 heterocycles. The van der Waals surface area contributed by atoms with Crippen molar-refractivity contribution in [1.29, 1.82) is 0 Å². The van der Waals surface area contributed by atoms with Crippen LogP contribution in [-0.4, -0.2) is 34.3 Å². The van der Waals surface area contributed by atoms with Gasteiger partial charge < -0.3 is 10.2 Å². The van der Waals surface area contributed by atoms with E-state index in [4.69, 9.17) is 0 Å². The van der Waals surface area contributed by atoms with Crippen molar-refractivity contribution in [1.82, 2.24) is 9.88 Å². The average Bonchev–Trinajstić information content (AvgIpc) is 3.16. The second-order valence-corrected chi connectivity index (χ2v) is 6.27. The second kappa shape index (κ2) is 6.27. The molecule has 0 radical (unpaired) electrons. The quantitative estimate of drug-likeness (QED) is 0.866. The predicted octanol–water partition coefficient (Wildman–Crippen LogP) is 2.49. The first-order chi connectivity index (χ1) is 10.6. The molecule has 0 aromatic carbocycles. The van der Waals surface area contributed by atoms with Crippen LogP contribution in [0.4, 0.5) is 5.69 Å². The Morgan fingerprint density at radius 3 is 2.95 bits per heavy atom. The molecule has 22 heavy (non-hydrogen) atoms. The molecule has 6 heteroatoms. The summed E-state index contributed by atoms with van der Waals surface area (Å²) in [7, 11) is 0. The van der Waals surface area contributed by atoms with Crippen LogP contribution >= 0.6 is 11.3 Å². The summed E-state index contributed by atoms with van der Waals surface area (Å²) in [5.41, 5.74) is 1.78. The highest BCUT2D eigenvalue weighted by molar-refractivity contribution is 7.08. The van der Waals surface area contributed by atoms with E-state index < -0.39 is 11.8 Å². The summed E-state index contributed by atoms with van der Waals surface area (Å²) >= 11 is 1.66. The number of nitrogens with zero attached hydrogens (tertiary/aromatic N) is 2. The molecule has 2 atom stereocenters. The summed E-state index contributed by atoms with van der Waals surface area (Å²) in [5, 5.41) is 6.75. The SMILES string of the molecule is C[C@@H]1C[C@H](c2ccsc2)CN1C(=O)C(=O)Nc1cccnc1. The molecule has 2 aromatic heterocycles. The van der Waals surface area contributed by atoms with Gasteiger partial charge in [-0.1, -0.05) is 0 Å². The van der Waals surface area contributed by atoms with Crippen LogP contribution in [0, 0.1) is 0 Å². The number of likely N-dealkylation sites (tertiary alicyclic amines) is 1. The van der Waals surface area contributed by atoms with E-state index in [0.717, 1.165) is 6.42 Å². The van der Waals surface area contributed by atoms with E-state index in [-0.39, 0.29) is 6.04 Å². The largest absolute Gasteiger partial charge is 0.331 e. The maximum absolute atomic E-state index is 12.4. The number of hydrogen-bond donors (Lipinski definition) is 1. The summed E-state index contributed by atoms with van der Waals surface area (Å²) in [6.07, 6.45) is 4.03. The van der Waals surface area contributed by atoms with Crippen LogP contribution in [0.5, 0.6) is 0 Å². The fourth-order valence-electron chi connectivity index (χ4n) is 2.81. The van der Waals surface area contributed by atoms with Crippen molar-refractivity contribution in [3.05, 3.63) is 46.9 Å². The van der Waals surface area contributed by atoms with Gasteiger partial charge in [-0.25, -0.2) is 0 Å². The molecule has 1 aliphatic rings. The topological polar surface area (TPSA) is 62.3 Å². The van der Waals surface area contributed by atoms with Gasteiger partial charge in [-0.15, -0.1) is 0 Å². The van der Waals surface area contributed by atoms with Gasteiger partial charge in [0.25, 0.3) is 0 Å². The van der Waals surface area contributed by atoms with Gasteiger partial charge in [0.15, 0.2) is 0 Å². The molecule has 2 amide bonds. The maximum atomic E-state index is 12.4. The normalized spacial score (nSPS) is 20.9. The Labute approximate surface area is 133 Å². The number of carbonyl (C=O) groups excluding carboxylic acids is 2. The minimum absolute atomic E-state index is 0.0667. The zero-order chi connectivity index (χ0) is 15.5. The minimum Gasteiger partial charge on any atom is -0.331 e. The standard InChI is InChI=1S/C16H17N3O2S/c1-11-7-13(12-4-6-22-10-12)9-19(11)16(21)15(20)18-14-3-2-5-17-8-14/h2-6,8,10-11,13H,7,9H2,1H3,(H,18,20)/t11-,13+/m1/s1. The van der Waals surface area contributed by atoms with Gasteiger partial charge in [0.1, 0.15) is 0 Å². The van der Waals surface area contributed by atoms with Crippen molar-refractivity contribution in [2.45, 2.75) is 25.3 Å². The van der Waals surface area contributed by atoms with Gasteiger partial charge >= 0.3 is 11.8 Å². The maximum Gasteiger partial charge on any atom is 0.313 e. The molecule has 1 saturated heterocycles. The summed E-state index contributed by atoms with van der Waals surface area (Å²) in [6.45, 7) is 2.58. The van der Waals surface area contributed by atoms with Crippen LogP contribution in [0.3, 0.4) is 0 Å². The molecule has 0 spiro atoms. The smallest absolute Gasteiger partial charge is 0.313 e. The van der Waals surface area contributed by atoms with Gasteiger partial charge in [0.2, 0.25) is 0 Å². The molecular formula is C16H17N3O2S. The number of amides is 2. The predicted molar refractivity (Wildman–Crippen MR) is 85.7 cm³/mol. The van der Waals surface area contributed by atoms with Crippen LogP contribution in [0.15, 0.2) is 41.4 Å². The lowest BCUT2D eigenvalue weighted by molar-refractivity contribution is -0.143. The van der Waals surface area contributed by atoms with Crippen molar-refractivity contribution in [2.75, 3.05) is 11.9 Å². The number of rotatable bonds is 2. The van der Waals surface area contributed by atoms with E-state index in [0.29, 0.717) is 18.2 Å². The third kappa shape index (κ3) is 3.01. The van der Waals surface area contributed by atoms with Crippen molar-refractivity contribution in [3.63, 3.8) is 0 Å². The van der Waals surface area contributed by atoms with Gasteiger partial charge in [-0.2, -0.15) is 11.3 Å². The Bertz CT molecular complexity index is 657. The lowest BCUT2D eigenvalue weighted by atomic mass is 10.00. The molecule has 3 rings (SSSR count). The van der Waals surface area contributed by atoms with Gasteiger partial charge in [-0.05, 0) is 47.9 Å². The Hall–Kier alpha value is -2.21. The lowest BCUT2D eigenvalue weighted by Crippen LogP contribution is -2.41. The molecular weight excluding hydrogens is 298 g/mol. The molecule has 0 saturated carbocycles. The van der Waals surface area contributed by atoms with Gasteiger partial charge in [0, 0.05) is 24.7 Å². The Kier molecular flexibility index (Phi) is 4.20. The number of aromatic nitrogens is 1. The van der Waals surface area contributed by atoms with E-state index in [1.54, 1.807) is 34.6 Å². The number of hydrogen-bond acceptors (Lipinski definition) is 4. The van der Waals surface area contributed by atoms with Crippen LogP contribution in [-0.2, 0) is 9.59 Å². The first-order valence-corrected chi connectivity index (χ1v) is 8.13. The summed E-state index contributed by atoms with van der Waals surface area (Å²) in [4.78, 5) is 30.1. The van der Waals surface area contributed by atoms with Gasteiger partial charge in [-0.3, -0.25) is 14.6 Å². The van der Waals surface area contributed by atoms with E-state index in [1.807, 2.05) is 12.3 Å². The molecule has 0 aliphatic carbocycles. The molecule has 0 bridgehead atoms. The third-order valence-electron chi connectivity index (χ3n) is 3.96. The first-order valence-electron chi connectivity index (χ1n) is 7.19. The Balaban J connectivity index is 1.66. The van der Waals surface area contributed by atoms with Crippen LogP contribution in [0.25, 0.3) is 0 Å². The lowest BCUT2D eigenvalue weighted by Gasteiger charge is -2.20. The highest BCUT2D eigenvalue weighted by atomic mass is 32.1. The van der Waals surface area contributed by atoms with Crippen molar-refractivity contribution in [2.24, 2.45) is 0 Å². The fraction of sp³-hybridized carbons (Fsp3) is 0.312. The van der Waals surface area contributed by atoms with Crippen LogP contribution in [0.1, 0.15) is 24.8 Å². The number of anilines is 1. The second-order valence-electron chi connectivity index (χ2n) is 5.49. The molecule has 0 unspecified atom stereocenters. The van der Waals surface area contributed by atoms with Crippen molar-refractivity contribution in [3.8, 4) is 0 Å².